The van der Waals surface area contributed by atoms with Crippen LogP contribution in [0.5, 0.6) is 0 Å². The average Bonchev–Trinajstić information content (AvgIpc) is 3.27. The van der Waals surface area contributed by atoms with Crippen molar-refractivity contribution in [3.63, 3.8) is 0 Å². The summed E-state index contributed by atoms with van der Waals surface area (Å²) >= 11 is 1.27. The van der Waals surface area contributed by atoms with Gasteiger partial charge in [0, 0.05) is 23.2 Å². The zero-order chi connectivity index (χ0) is 32.6. The normalized spacial score (nSPS) is 11.2. The van der Waals surface area contributed by atoms with Crippen molar-refractivity contribution >= 4 is 46.9 Å². The fraction of sp³-hybridized carbons (Fsp3) is 0.111. The first kappa shape index (κ1) is 31.8. The van der Waals surface area contributed by atoms with Crippen LogP contribution in [0.25, 0.3) is 11.8 Å². The van der Waals surface area contributed by atoms with Gasteiger partial charge in [0.25, 0.3) is 17.4 Å². The summed E-state index contributed by atoms with van der Waals surface area (Å²) in [6, 6.07) is 32.5. The predicted molar refractivity (Wildman–Crippen MR) is 183 cm³/mol. The summed E-state index contributed by atoms with van der Waals surface area (Å²) in [4.78, 5) is 53.2. The molecule has 0 saturated heterocycles. The molecule has 0 aliphatic carbocycles. The molecule has 46 heavy (non-hydrogen) atoms. The highest BCUT2D eigenvalue weighted by atomic mass is 32.2. The van der Waals surface area contributed by atoms with E-state index in [0.29, 0.717) is 22.6 Å². The van der Waals surface area contributed by atoms with Gasteiger partial charge in [-0.3, -0.25) is 23.9 Å². The van der Waals surface area contributed by atoms with E-state index in [0.717, 1.165) is 16.0 Å². The number of anilines is 2. The second kappa shape index (κ2) is 14.4. The number of carbonyl (C=O) groups is 3. The minimum atomic E-state index is -0.498. The van der Waals surface area contributed by atoms with Crippen LogP contribution in [0.15, 0.2) is 125 Å². The van der Waals surface area contributed by atoms with Crippen LogP contribution in [0.4, 0.5) is 11.4 Å². The summed E-state index contributed by atoms with van der Waals surface area (Å²) in [7, 11) is 1.77. The maximum atomic E-state index is 13.5. The molecule has 5 aromatic rings. The lowest BCUT2D eigenvalue weighted by Gasteiger charge is -2.13. The lowest BCUT2D eigenvalue weighted by atomic mass is 10.1. The Kier molecular flexibility index (Phi) is 9.99. The summed E-state index contributed by atoms with van der Waals surface area (Å²) < 4.78 is 3.21. The van der Waals surface area contributed by atoms with Crippen molar-refractivity contribution in [2.75, 3.05) is 16.4 Å². The average molecular weight is 632 g/mol. The molecule has 5 rings (SSSR count). The van der Waals surface area contributed by atoms with E-state index in [9.17, 15) is 19.2 Å². The number of thioether (sulfide) groups is 1. The molecule has 1 heterocycles. The van der Waals surface area contributed by atoms with Gasteiger partial charge >= 0.3 is 0 Å². The third-order valence-corrected chi connectivity index (χ3v) is 8.29. The summed E-state index contributed by atoms with van der Waals surface area (Å²) in [6.07, 6.45) is 1.64. The van der Waals surface area contributed by atoms with E-state index < -0.39 is 11.8 Å². The minimum Gasteiger partial charge on any atom is -0.321 e. The van der Waals surface area contributed by atoms with Gasteiger partial charge < -0.3 is 16.0 Å². The van der Waals surface area contributed by atoms with Crippen molar-refractivity contribution in [1.82, 2.24) is 14.7 Å². The zero-order valence-corrected chi connectivity index (χ0v) is 26.4. The van der Waals surface area contributed by atoms with E-state index in [-0.39, 0.29) is 28.6 Å². The largest absolute Gasteiger partial charge is 0.321 e. The molecule has 10 heteroatoms. The number of hydrogen-bond acceptors (Lipinski definition) is 5. The van der Waals surface area contributed by atoms with Gasteiger partial charge in [0.1, 0.15) is 11.4 Å². The maximum Gasteiger partial charge on any atom is 0.295 e. The SMILES string of the molecule is Cc1ccccc1/C=C(\NC(=O)c1ccccc1)C(=O)Nc1cccc(SCC(=O)Nc2c(C)n(C)n(-c3ccccc3)c2=O)c1. The van der Waals surface area contributed by atoms with Crippen LogP contribution in [0.1, 0.15) is 27.2 Å². The van der Waals surface area contributed by atoms with Crippen molar-refractivity contribution in [3.05, 3.63) is 148 Å². The Balaban J connectivity index is 1.27. The molecular formula is C36H33N5O4S. The Bertz CT molecular complexity index is 1980. The molecule has 0 saturated carbocycles. The van der Waals surface area contributed by atoms with E-state index in [1.54, 1.807) is 67.2 Å². The van der Waals surface area contributed by atoms with Crippen LogP contribution < -0.4 is 21.5 Å². The summed E-state index contributed by atoms with van der Waals surface area (Å²) in [5, 5.41) is 8.39. The Morgan fingerprint density at radius 1 is 0.804 bits per heavy atom. The molecule has 0 atom stereocenters. The van der Waals surface area contributed by atoms with Gasteiger partial charge in [-0.1, -0.05) is 66.7 Å². The zero-order valence-electron chi connectivity index (χ0n) is 25.6. The summed E-state index contributed by atoms with van der Waals surface area (Å²) in [5.41, 5.74) is 3.97. The lowest BCUT2D eigenvalue weighted by Crippen LogP contribution is -2.30. The summed E-state index contributed by atoms with van der Waals surface area (Å²) in [5.74, 6) is -1.20. The monoisotopic (exact) mass is 631 g/mol. The van der Waals surface area contributed by atoms with Gasteiger partial charge in [-0.05, 0) is 73.5 Å². The van der Waals surface area contributed by atoms with Crippen LogP contribution in [0, 0.1) is 13.8 Å². The van der Waals surface area contributed by atoms with E-state index in [2.05, 4.69) is 16.0 Å². The van der Waals surface area contributed by atoms with Crippen LogP contribution in [0.2, 0.25) is 0 Å². The number of aromatic nitrogens is 2. The Hall–Kier alpha value is -5.61. The highest BCUT2D eigenvalue weighted by Crippen LogP contribution is 2.23. The van der Waals surface area contributed by atoms with Crippen molar-refractivity contribution in [2.24, 2.45) is 7.05 Å². The van der Waals surface area contributed by atoms with E-state index >= 15 is 0 Å². The Morgan fingerprint density at radius 3 is 2.20 bits per heavy atom. The molecule has 3 N–H and O–H groups in total. The number of aryl methyl sites for hydroxylation is 1. The smallest absolute Gasteiger partial charge is 0.295 e. The van der Waals surface area contributed by atoms with Crippen molar-refractivity contribution < 1.29 is 14.4 Å². The topological polar surface area (TPSA) is 114 Å². The molecule has 0 unspecified atom stereocenters. The van der Waals surface area contributed by atoms with Gasteiger partial charge in [-0.15, -0.1) is 11.8 Å². The van der Waals surface area contributed by atoms with Crippen molar-refractivity contribution in [1.29, 1.82) is 0 Å². The molecule has 0 aliphatic heterocycles. The molecule has 3 amide bonds. The first-order chi connectivity index (χ1) is 22.2. The quantitative estimate of drug-likeness (QED) is 0.131. The van der Waals surface area contributed by atoms with Gasteiger partial charge in [0.15, 0.2) is 0 Å². The number of hydrogen-bond donors (Lipinski definition) is 3. The second-order valence-corrected chi connectivity index (χ2v) is 11.5. The van der Waals surface area contributed by atoms with E-state index in [1.165, 1.54) is 16.4 Å². The van der Waals surface area contributed by atoms with Crippen LogP contribution >= 0.6 is 11.8 Å². The number of amides is 3. The van der Waals surface area contributed by atoms with Crippen molar-refractivity contribution in [2.45, 2.75) is 18.7 Å². The van der Waals surface area contributed by atoms with Crippen LogP contribution in [-0.4, -0.2) is 32.8 Å². The fourth-order valence-electron chi connectivity index (χ4n) is 4.75. The number of para-hydroxylation sites is 1. The molecule has 9 nitrogen and oxygen atoms in total. The fourth-order valence-corrected chi connectivity index (χ4v) is 5.50. The van der Waals surface area contributed by atoms with Crippen molar-refractivity contribution in [3.8, 4) is 5.69 Å². The van der Waals surface area contributed by atoms with Gasteiger partial charge in [-0.2, -0.15) is 0 Å². The predicted octanol–water partition coefficient (Wildman–Crippen LogP) is 5.93. The molecular weight excluding hydrogens is 598 g/mol. The first-order valence-electron chi connectivity index (χ1n) is 14.5. The molecule has 4 aromatic carbocycles. The third-order valence-electron chi connectivity index (χ3n) is 7.30. The summed E-state index contributed by atoms with van der Waals surface area (Å²) in [6.45, 7) is 3.70. The van der Waals surface area contributed by atoms with Gasteiger partial charge in [0.05, 0.1) is 17.1 Å². The standard InChI is InChI=1S/C36H33N5O4S/c1-24-13-10-11-16-27(24)21-31(38-34(43)26-14-6-4-7-15-26)35(44)37-28-17-12-20-30(22-28)46-23-32(42)39-33-25(2)40(3)41(36(33)45)29-18-8-5-9-19-29/h4-22H,23H2,1-3H3,(H,37,44)(H,38,43)(H,39,42)/b31-21-. The molecule has 232 valence electrons. The highest BCUT2D eigenvalue weighted by molar-refractivity contribution is 8.00. The number of nitrogens with one attached hydrogen (secondary N) is 3. The number of nitrogens with zero attached hydrogens (tertiary/aromatic N) is 2. The second-order valence-electron chi connectivity index (χ2n) is 10.5. The molecule has 0 bridgehead atoms. The van der Waals surface area contributed by atoms with Crippen LogP contribution in [-0.2, 0) is 16.6 Å². The number of carbonyl (C=O) groups excluding carboxylic acids is 3. The molecule has 1 aromatic heterocycles. The molecule has 0 aliphatic rings. The highest BCUT2D eigenvalue weighted by Gasteiger charge is 2.19. The van der Waals surface area contributed by atoms with E-state index in [4.69, 9.17) is 0 Å². The Morgan fingerprint density at radius 2 is 1.48 bits per heavy atom. The van der Waals surface area contributed by atoms with Gasteiger partial charge in [0.2, 0.25) is 5.91 Å². The molecule has 0 radical (unpaired) electrons. The molecule has 0 fully saturated rings. The van der Waals surface area contributed by atoms with E-state index in [1.807, 2.05) is 73.7 Å². The third kappa shape index (κ3) is 7.54. The maximum absolute atomic E-state index is 13.5. The van der Waals surface area contributed by atoms with Gasteiger partial charge in [-0.25, -0.2) is 4.68 Å². The van der Waals surface area contributed by atoms with Crippen LogP contribution in [0.3, 0.4) is 0 Å². The Labute approximate surface area is 270 Å². The minimum absolute atomic E-state index is 0.0437. The lowest BCUT2D eigenvalue weighted by molar-refractivity contribution is -0.114. The molecule has 0 spiro atoms. The number of benzene rings is 4. The number of rotatable bonds is 10. The first-order valence-corrected chi connectivity index (χ1v) is 15.5.